The Kier molecular flexibility index (Phi) is 15.7. The van der Waals surface area contributed by atoms with Crippen LogP contribution in [0.3, 0.4) is 0 Å². The number of hydrogen-bond donors (Lipinski definition) is 0. The molecule has 2 aromatic heterocycles. The van der Waals surface area contributed by atoms with Crippen molar-refractivity contribution < 1.29 is 0 Å². The van der Waals surface area contributed by atoms with Crippen LogP contribution in [-0.2, 0) is 6.42 Å². The lowest BCUT2D eigenvalue weighted by Crippen LogP contribution is -2.18. The van der Waals surface area contributed by atoms with E-state index < -0.39 is 0 Å². The number of hydrogen-bond acceptors (Lipinski definition) is 5. The summed E-state index contributed by atoms with van der Waals surface area (Å²) >= 11 is 0. The molecule has 13 rings (SSSR count). The second kappa shape index (κ2) is 24.5. The fourth-order valence-electron chi connectivity index (χ4n) is 11.4. The molecule has 0 N–H and O–H groups in total. The van der Waals surface area contributed by atoms with E-state index in [1.807, 2.05) is 19.1 Å². The first-order valence-corrected chi connectivity index (χ1v) is 28.5. The second-order valence-electron chi connectivity index (χ2n) is 20.7. The van der Waals surface area contributed by atoms with Gasteiger partial charge in [0.05, 0.1) is 27.9 Å². The first kappa shape index (κ1) is 53.8. The summed E-state index contributed by atoms with van der Waals surface area (Å²) in [6.45, 7) is 16.2. The maximum atomic E-state index is 5.65. The molecule has 2 heterocycles. The summed E-state index contributed by atoms with van der Waals surface area (Å²) in [6, 6.07) is 97.1. The Balaban J connectivity index is 0.00000227. The summed E-state index contributed by atoms with van der Waals surface area (Å²) in [4.78, 5) is 18.1. The van der Waals surface area contributed by atoms with Crippen molar-refractivity contribution in [2.24, 2.45) is 0 Å². The van der Waals surface area contributed by atoms with E-state index in [1.54, 1.807) is 6.08 Å². The van der Waals surface area contributed by atoms with Crippen LogP contribution < -0.4 is 14.7 Å². The van der Waals surface area contributed by atoms with Gasteiger partial charge in [0.15, 0.2) is 0 Å². The van der Waals surface area contributed by atoms with Gasteiger partial charge in [0, 0.05) is 85.5 Å². The molecule has 0 saturated heterocycles. The summed E-state index contributed by atoms with van der Waals surface area (Å²) in [7, 11) is 0. The molecule has 84 heavy (non-hydrogen) atoms. The third kappa shape index (κ3) is 10.9. The van der Waals surface area contributed by atoms with Crippen LogP contribution in [0.1, 0.15) is 18.2 Å². The van der Waals surface area contributed by atoms with Gasteiger partial charge < -0.3 is 19.3 Å². The van der Waals surface area contributed by atoms with Crippen molar-refractivity contribution in [2.75, 3.05) is 21.2 Å². The van der Waals surface area contributed by atoms with Crippen molar-refractivity contribution in [3.63, 3.8) is 0 Å². The SMILES string of the molecule is C=CC.C=CCc1ccccc1N(CC=C)c1ccc(N(c2ccccc2)c2ccc(-c3nc4cccc(-c5ccc6ccccc6c5)c4nc3-c3ccc(N(c4ccccc4)c4ccc(-n5c(C)cc6ccccc65)cc4)cc3)cc2)cc1. The molecule has 406 valence electrons. The molecule has 11 aromatic carbocycles. The highest BCUT2D eigenvalue weighted by molar-refractivity contribution is 5.98. The van der Waals surface area contributed by atoms with E-state index >= 15 is 0 Å². The molecule has 0 unspecified atom stereocenters. The maximum Gasteiger partial charge on any atom is 0.0973 e. The molecule has 0 bridgehead atoms. The molecule has 0 fully saturated rings. The third-order valence-corrected chi connectivity index (χ3v) is 15.2. The van der Waals surface area contributed by atoms with Gasteiger partial charge in [0.1, 0.15) is 0 Å². The van der Waals surface area contributed by atoms with E-state index in [-0.39, 0.29) is 0 Å². The van der Waals surface area contributed by atoms with Gasteiger partial charge in [-0.3, -0.25) is 0 Å². The van der Waals surface area contributed by atoms with Crippen molar-refractivity contribution >= 4 is 78.2 Å². The molecular weight excluding hydrogens is 1020 g/mol. The fourth-order valence-corrected chi connectivity index (χ4v) is 11.4. The van der Waals surface area contributed by atoms with Gasteiger partial charge in [-0.2, -0.15) is 0 Å². The second-order valence-corrected chi connectivity index (χ2v) is 20.7. The number of fused-ring (bicyclic) bond motifs is 3. The van der Waals surface area contributed by atoms with Crippen molar-refractivity contribution in [1.29, 1.82) is 0 Å². The monoisotopic (exact) mass is 1080 g/mol. The van der Waals surface area contributed by atoms with E-state index in [1.165, 1.54) is 32.9 Å². The Bertz CT molecular complexity index is 4430. The first-order chi connectivity index (χ1) is 41.4. The van der Waals surface area contributed by atoms with E-state index in [0.717, 1.165) is 102 Å². The zero-order valence-corrected chi connectivity index (χ0v) is 47.4. The highest BCUT2D eigenvalue weighted by atomic mass is 15.2. The normalized spacial score (nSPS) is 11.0. The molecule has 0 aliphatic rings. The average Bonchev–Trinajstić information content (AvgIpc) is 3.67. The van der Waals surface area contributed by atoms with Crippen LogP contribution in [-0.4, -0.2) is 21.1 Å². The third-order valence-electron chi connectivity index (χ3n) is 15.2. The minimum Gasteiger partial charge on any atom is -0.337 e. The molecule has 0 saturated carbocycles. The molecule has 0 radical (unpaired) electrons. The van der Waals surface area contributed by atoms with Gasteiger partial charge in [-0.15, -0.1) is 19.7 Å². The summed E-state index contributed by atoms with van der Waals surface area (Å²) in [5.41, 5.74) is 20.5. The predicted octanol–water partition coefficient (Wildman–Crippen LogP) is 21.2. The number of aromatic nitrogens is 3. The zero-order valence-electron chi connectivity index (χ0n) is 47.4. The Morgan fingerprint density at radius 3 is 1.51 bits per heavy atom. The van der Waals surface area contributed by atoms with Crippen LogP contribution in [0.2, 0.25) is 0 Å². The quantitative estimate of drug-likeness (QED) is 0.0902. The van der Waals surface area contributed by atoms with Crippen molar-refractivity contribution in [3.05, 3.63) is 322 Å². The molecule has 0 spiro atoms. The molecule has 0 amide bonds. The summed E-state index contributed by atoms with van der Waals surface area (Å²) < 4.78 is 2.32. The van der Waals surface area contributed by atoms with E-state index in [9.17, 15) is 0 Å². The molecular formula is C78H64N6. The summed E-state index contributed by atoms with van der Waals surface area (Å²) in [5, 5.41) is 3.61. The van der Waals surface area contributed by atoms with Gasteiger partial charge in [-0.05, 0) is 170 Å². The van der Waals surface area contributed by atoms with Gasteiger partial charge in [0.25, 0.3) is 0 Å². The molecule has 0 aliphatic carbocycles. The highest BCUT2D eigenvalue weighted by Gasteiger charge is 2.21. The Morgan fingerprint density at radius 1 is 0.417 bits per heavy atom. The van der Waals surface area contributed by atoms with E-state index in [2.05, 4.69) is 319 Å². The average molecular weight is 1090 g/mol. The minimum absolute atomic E-state index is 0.667. The van der Waals surface area contributed by atoms with Crippen LogP contribution in [0.4, 0.5) is 45.5 Å². The van der Waals surface area contributed by atoms with Crippen LogP contribution in [0, 0.1) is 6.92 Å². The van der Waals surface area contributed by atoms with E-state index in [0.29, 0.717) is 6.54 Å². The lowest BCUT2D eigenvalue weighted by atomic mass is 9.98. The number of anilines is 8. The van der Waals surface area contributed by atoms with Crippen LogP contribution in [0.5, 0.6) is 0 Å². The molecule has 6 heteroatoms. The van der Waals surface area contributed by atoms with Gasteiger partial charge in [-0.1, -0.05) is 164 Å². The molecule has 0 aliphatic heterocycles. The van der Waals surface area contributed by atoms with Crippen molar-refractivity contribution in [3.8, 4) is 39.3 Å². The topological polar surface area (TPSA) is 40.4 Å². The van der Waals surface area contributed by atoms with Crippen molar-refractivity contribution in [1.82, 2.24) is 14.5 Å². The van der Waals surface area contributed by atoms with Gasteiger partial charge in [-0.25, -0.2) is 9.97 Å². The Morgan fingerprint density at radius 2 is 0.905 bits per heavy atom. The minimum atomic E-state index is 0.667. The summed E-state index contributed by atoms with van der Waals surface area (Å²) in [6.07, 6.45) is 6.44. The van der Waals surface area contributed by atoms with Gasteiger partial charge in [0.2, 0.25) is 0 Å². The number of allylic oxidation sites excluding steroid dienone is 2. The highest BCUT2D eigenvalue weighted by Crippen LogP contribution is 2.42. The predicted molar refractivity (Wildman–Crippen MR) is 358 cm³/mol. The van der Waals surface area contributed by atoms with Gasteiger partial charge >= 0.3 is 0 Å². The first-order valence-electron chi connectivity index (χ1n) is 28.5. The number of aryl methyl sites for hydroxylation is 1. The maximum absolute atomic E-state index is 5.65. The molecule has 0 atom stereocenters. The summed E-state index contributed by atoms with van der Waals surface area (Å²) in [5.74, 6) is 0. The lowest BCUT2D eigenvalue weighted by Gasteiger charge is -2.28. The number of para-hydroxylation sites is 5. The lowest BCUT2D eigenvalue weighted by molar-refractivity contribution is 1.05. The van der Waals surface area contributed by atoms with Crippen LogP contribution in [0.25, 0.3) is 72.0 Å². The Hall–Kier alpha value is -10.8. The Labute approximate surface area is 493 Å². The van der Waals surface area contributed by atoms with Crippen molar-refractivity contribution in [2.45, 2.75) is 20.3 Å². The number of nitrogens with zero attached hydrogens (tertiary/aromatic N) is 6. The zero-order chi connectivity index (χ0) is 57.4. The number of benzene rings is 11. The van der Waals surface area contributed by atoms with Crippen LogP contribution >= 0.6 is 0 Å². The van der Waals surface area contributed by atoms with E-state index in [4.69, 9.17) is 9.97 Å². The molecule has 13 aromatic rings. The number of rotatable bonds is 16. The molecule has 6 nitrogen and oxygen atoms in total. The fraction of sp³-hybridized carbons (Fsp3) is 0.0513. The van der Waals surface area contributed by atoms with Crippen LogP contribution in [0.15, 0.2) is 311 Å². The standard InChI is InChI=1S/C75H58N6.C3H6/c1-4-19-55-21-14-16-30-71(55)78(50-5-2)61-42-44-67(45-43-61)80(62-24-8-6-9-25-62)65-38-34-56(35-39-65)73-74(77-75-69(28-18-29-70(75)76-73)59-33-32-54-20-12-13-22-58(54)52-59)57-36-40-66(41-37-57)81(63-26-10-7-11-27-63)68-48-46-64(47-49-68)79-53(3)51-60-23-15-17-31-72(60)79;1-3-2/h4-18,20-49,51-52H,1-2,19,50H2,3H3;3H,1H2,2H3. The largest absolute Gasteiger partial charge is 0.337 e. The smallest absolute Gasteiger partial charge is 0.0973 e.